The third kappa shape index (κ3) is 4.43. The molecule has 0 spiro atoms. The van der Waals surface area contributed by atoms with Gasteiger partial charge in [-0.05, 0) is 48.5 Å². The summed E-state index contributed by atoms with van der Waals surface area (Å²) in [5.41, 5.74) is -0.513. The number of carbonyl (C=O) groups is 1. The average Bonchev–Trinajstić information content (AvgIpc) is 3.42. The van der Waals surface area contributed by atoms with Gasteiger partial charge in [0.1, 0.15) is 11.5 Å². The van der Waals surface area contributed by atoms with E-state index in [0.717, 1.165) is 33.2 Å². The zero-order valence-electron chi connectivity index (χ0n) is 16.0. The van der Waals surface area contributed by atoms with Gasteiger partial charge < -0.3 is 9.15 Å². The molecule has 10 heteroatoms. The smallest absolute Gasteiger partial charge is 0.416 e. The Morgan fingerprint density at radius 3 is 2.74 bits per heavy atom. The number of furan rings is 1. The number of alkyl halides is 3. The molecule has 0 aliphatic heterocycles. The topological polar surface area (TPSA) is 67.9 Å². The number of hydrogen-bond acceptors (Lipinski definition) is 6. The van der Waals surface area contributed by atoms with Gasteiger partial charge in [0.05, 0.1) is 35.4 Å². The van der Waals surface area contributed by atoms with Crippen molar-refractivity contribution >= 4 is 38.8 Å². The van der Waals surface area contributed by atoms with Crippen LogP contribution in [0.15, 0.2) is 70.4 Å². The average molecular weight is 445 g/mol. The summed E-state index contributed by atoms with van der Waals surface area (Å²) in [6, 6.07) is 12.6. The number of benzene rings is 2. The van der Waals surface area contributed by atoms with Crippen molar-refractivity contribution in [3.8, 4) is 5.75 Å². The van der Waals surface area contributed by atoms with Crippen LogP contribution < -0.4 is 9.75 Å². The molecule has 0 saturated carbocycles. The second-order valence-corrected chi connectivity index (χ2v) is 7.29. The van der Waals surface area contributed by atoms with E-state index in [9.17, 15) is 18.0 Å². The van der Waals surface area contributed by atoms with Crippen molar-refractivity contribution in [2.45, 2.75) is 6.18 Å². The maximum absolute atomic E-state index is 13.1. The minimum atomic E-state index is -4.58. The summed E-state index contributed by atoms with van der Waals surface area (Å²) in [6.45, 7) is 0. The van der Waals surface area contributed by atoms with Gasteiger partial charge in [-0.2, -0.15) is 23.3 Å². The minimum absolute atomic E-state index is 0.178. The van der Waals surface area contributed by atoms with E-state index in [1.165, 1.54) is 31.7 Å². The van der Waals surface area contributed by atoms with Gasteiger partial charge in [0.15, 0.2) is 0 Å². The largest absolute Gasteiger partial charge is 0.497 e. The number of methoxy groups -OCH3 is 1. The van der Waals surface area contributed by atoms with E-state index in [4.69, 9.17) is 9.15 Å². The van der Waals surface area contributed by atoms with Crippen LogP contribution in [0.2, 0.25) is 0 Å². The quantitative estimate of drug-likeness (QED) is 0.296. The first-order valence-corrected chi connectivity index (χ1v) is 9.70. The molecule has 6 nitrogen and oxygen atoms in total. The molecule has 0 atom stereocenters. The molecule has 0 unspecified atom stereocenters. The lowest BCUT2D eigenvalue weighted by molar-refractivity contribution is -0.137. The predicted molar refractivity (Wildman–Crippen MR) is 111 cm³/mol. The summed E-state index contributed by atoms with van der Waals surface area (Å²) in [7, 11) is 1.53. The molecule has 1 amide bonds. The Morgan fingerprint density at radius 1 is 1.19 bits per heavy atom. The standard InChI is InChI=1S/C21H14F3N3O3S/c1-29-15-7-8-17-18(11-15)31-20(26-17)27(25-12-16-6-3-9-30-16)19(28)13-4-2-5-14(10-13)21(22,23)24/h2-12H,1H3/b25-12+. The van der Waals surface area contributed by atoms with Crippen molar-refractivity contribution in [1.29, 1.82) is 0 Å². The highest BCUT2D eigenvalue weighted by Crippen LogP contribution is 2.33. The van der Waals surface area contributed by atoms with Gasteiger partial charge in [-0.25, -0.2) is 4.98 Å². The number of nitrogens with zero attached hydrogens (tertiary/aromatic N) is 3. The Bertz CT molecular complexity index is 1250. The zero-order valence-corrected chi connectivity index (χ0v) is 16.8. The lowest BCUT2D eigenvalue weighted by atomic mass is 10.1. The number of aromatic nitrogens is 1. The van der Waals surface area contributed by atoms with Gasteiger partial charge in [0, 0.05) is 5.56 Å². The Kier molecular flexibility index (Phi) is 5.47. The molecule has 0 aliphatic rings. The summed E-state index contributed by atoms with van der Waals surface area (Å²) in [5.74, 6) is 0.210. The maximum atomic E-state index is 13.1. The molecule has 0 aliphatic carbocycles. The highest BCUT2D eigenvalue weighted by molar-refractivity contribution is 7.22. The number of amides is 1. The summed E-state index contributed by atoms with van der Waals surface area (Å²) in [6.07, 6.45) is -1.85. The molecular formula is C21H14F3N3O3S. The second-order valence-electron chi connectivity index (χ2n) is 6.29. The first-order chi connectivity index (χ1) is 14.8. The number of fused-ring (bicyclic) bond motifs is 1. The van der Waals surface area contributed by atoms with E-state index in [-0.39, 0.29) is 10.7 Å². The highest BCUT2D eigenvalue weighted by Gasteiger charge is 2.32. The van der Waals surface area contributed by atoms with Gasteiger partial charge in [0.25, 0.3) is 5.91 Å². The van der Waals surface area contributed by atoms with Crippen molar-refractivity contribution < 1.29 is 27.1 Å². The molecule has 2 aromatic heterocycles. The molecule has 4 aromatic rings. The van der Waals surface area contributed by atoms with Crippen LogP contribution in [0.5, 0.6) is 5.75 Å². The van der Waals surface area contributed by atoms with Crippen molar-refractivity contribution in [2.24, 2.45) is 5.10 Å². The summed E-state index contributed by atoms with van der Waals surface area (Å²) in [5, 5.41) is 5.28. The Hall–Kier alpha value is -3.66. The fourth-order valence-electron chi connectivity index (χ4n) is 2.73. The number of halogens is 3. The maximum Gasteiger partial charge on any atom is 0.416 e. The highest BCUT2D eigenvalue weighted by atomic mass is 32.1. The summed E-state index contributed by atoms with van der Waals surface area (Å²) in [4.78, 5) is 17.5. The van der Waals surface area contributed by atoms with Crippen LogP contribution >= 0.6 is 11.3 Å². The lowest BCUT2D eigenvalue weighted by Crippen LogP contribution is -2.26. The Morgan fingerprint density at radius 2 is 2.03 bits per heavy atom. The third-order valence-corrected chi connectivity index (χ3v) is 5.23. The van der Waals surface area contributed by atoms with Crippen LogP contribution in [0.4, 0.5) is 18.3 Å². The number of thiazole rings is 1. The molecule has 158 valence electrons. The fourth-order valence-corrected chi connectivity index (χ4v) is 3.68. The second kappa shape index (κ2) is 8.23. The van der Waals surface area contributed by atoms with Gasteiger partial charge in [0.2, 0.25) is 5.13 Å². The first kappa shape index (κ1) is 20.6. The van der Waals surface area contributed by atoms with Crippen molar-refractivity contribution in [1.82, 2.24) is 4.98 Å². The van der Waals surface area contributed by atoms with Crippen LogP contribution in [-0.4, -0.2) is 24.2 Å². The van der Waals surface area contributed by atoms with E-state index in [1.807, 2.05) is 0 Å². The molecule has 0 fully saturated rings. The van der Waals surface area contributed by atoms with Crippen LogP contribution in [-0.2, 0) is 6.18 Å². The molecule has 2 heterocycles. The van der Waals surface area contributed by atoms with E-state index in [2.05, 4.69) is 10.1 Å². The molecule has 0 N–H and O–H groups in total. The monoisotopic (exact) mass is 445 g/mol. The van der Waals surface area contributed by atoms with Gasteiger partial charge in [-0.1, -0.05) is 17.4 Å². The van der Waals surface area contributed by atoms with E-state index in [0.29, 0.717) is 17.0 Å². The van der Waals surface area contributed by atoms with Crippen LogP contribution in [0.1, 0.15) is 21.7 Å². The van der Waals surface area contributed by atoms with Crippen molar-refractivity contribution in [2.75, 3.05) is 12.1 Å². The molecule has 0 saturated heterocycles. The number of hydrogen-bond donors (Lipinski definition) is 0. The van der Waals surface area contributed by atoms with Gasteiger partial charge in [-0.15, -0.1) is 0 Å². The Balaban J connectivity index is 1.77. The van der Waals surface area contributed by atoms with Crippen LogP contribution in [0, 0.1) is 0 Å². The number of carbonyl (C=O) groups excluding carboxylic acids is 1. The predicted octanol–water partition coefficient (Wildman–Crippen LogP) is 5.60. The van der Waals surface area contributed by atoms with E-state index < -0.39 is 17.6 Å². The van der Waals surface area contributed by atoms with Crippen LogP contribution in [0.3, 0.4) is 0 Å². The number of rotatable bonds is 5. The SMILES string of the molecule is COc1ccc2nc(N(/N=C/c3ccco3)C(=O)c3cccc(C(F)(F)F)c3)sc2c1. The van der Waals surface area contributed by atoms with Crippen molar-refractivity contribution in [3.63, 3.8) is 0 Å². The fraction of sp³-hybridized carbons (Fsp3) is 0.0952. The number of anilines is 1. The Labute approximate surface area is 178 Å². The molecule has 4 rings (SSSR count). The molecule has 31 heavy (non-hydrogen) atoms. The normalized spacial score (nSPS) is 11.9. The van der Waals surface area contributed by atoms with Gasteiger partial charge >= 0.3 is 6.18 Å². The summed E-state index contributed by atoms with van der Waals surface area (Å²) < 4.78 is 50.4. The number of hydrazone groups is 1. The lowest BCUT2D eigenvalue weighted by Gasteiger charge is -2.15. The first-order valence-electron chi connectivity index (χ1n) is 8.89. The van der Waals surface area contributed by atoms with Gasteiger partial charge in [-0.3, -0.25) is 4.79 Å². The number of ether oxygens (including phenoxy) is 1. The third-order valence-electron chi connectivity index (χ3n) is 4.24. The molecule has 0 radical (unpaired) electrons. The van der Waals surface area contributed by atoms with E-state index >= 15 is 0 Å². The van der Waals surface area contributed by atoms with Crippen molar-refractivity contribution in [3.05, 3.63) is 77.7 Å². The summed E-state index contributed by atoms with van der Waals surface area (Å²) >= 11 is 1.15. The molecule has 0 bridgehead atoms. The van der Waals surface area contributed by atoms with Crippen LogP contribution in [0.25, 0.3) is 10.2 Å². The zero-order chi connectivity index (χ0) is 22.0. The molecular weight excluding hydrogens is 431 g/mol. The van der Waals surface area contributed by atoms with E-state index in [1.54, 1.807) is 30.3 Å². The molecule has 2 aromatic carbocycles. The minimum Gasteiger partial charge on any atom is -0.497 e.